The van der Waals surface area contributed by atoms with E-state index in [0.717, 1.165) is 23.4 Å². The molecule has 6 heteroatoms. The molecule has 1 fully saturated rings. The lowest BCUT2D eigenvalue weighted by Gasteiger charge is -2.27. The van der Waals surface area contributed by atoms with Gasteiger partial charge in [-0.25, -0.2) is 0 Å². The van der Waals surface area contributed by atoms with Gasteiger partial charge in [0.15, 0.2) is 0 Å². The Bertz CT molecular complexity index is 1370. The van der Waals surface area contributed by atoms with Gasteiger partial charge in [-0.1, -0.05) is 37.5 Å². The standard InChI is InChI=1S/C33H42N2O4/c1-32(2,3)39-28(36)17-18-33(4,5)34-31(37)23-15-16-24-26(21-23)35-19-20-38-27-14-10-9-13-25(27)30(35)29(24)22-11-7-6-8-12-22/h9-10,13-16,21-22H,6-8,11-12,17-20H2,1-5H3,(H,34,37). The molecule has 2 heterocycles. The van der Waals surface area contributed by atoms with Crippen molar-refractivity contribution in [2.75, 3.05) is 6.61 Å². The molecule has 0 radical (unpaired) electrons. The maximum atomic E-state index is 13.5. The Morgan fingerprint density at radius 3 is 2.51 bits per heavy atom. The van der Waals surface area contributed by atoms with Crippen LogP contribution in [0.1, 0.15) is 101 Å². The lowest BCUT2D eigenvalue weighted by atomic mass is 9.81. The fourth-order valence-corrected chi connectivity index (χ4v) is 6.13. The first kappa shape index (κ1) is 27.3. The minimum atomic E-state index is -0.556. The van der Waals surface area contributed by atoms with E-state index in [0.29, 0.717) is 24.5 Å². The number of nitrogens with one attached hydrogen (secondary N) is 1. The summed E-state index contributed by atoms with van der Waals surface area (Å²) in [6.07, 6.45) is 6.96. The highest BCUT2D eigenvalue weighted by Crippen LogP contribution is 2.47. The van der Waals surface area contributed by atoms with Crippen molar-refractivity contribution in [1.29, 1.82) is 0 Å². The second-order valence-electron chi connectivity index (χ2n) is 12.7. The van der Waals surface area contributed by atoms with Gasteiger partial charge < -0.3 is 19.4 Å². The van der Waals surface area contributed by atoms with Gasteiger partial charge in [-0.3, -0.25) is 9.59 Å². The van der Waals surface area contributed by atoms with E-state index in [1.54, 1.807) is 0 Å². The zero-order valence-corrected chi connectivity index (χ0v) is 24.1. The third-order valence-electron chi connectivity index (χ3n) is 7.92. The highest BCUT2D eigenvalue weighted by atomic mass is 16.6. The second-order valence-corrected chi connectivity index (χ2v) is 12.7. The molecular weight excluding hydrogens is 488 g/mol. The van der Waals surface area contributed by atoms with Gasteiger partial charge in [0, 0.05) is 34.0 Å². The van der Waals surface area contributed by atoms with Crippen molar-refractivity contribution in [2.24, 2.45) is 0 Å². The van der Waals surface area contributed by atoms with Crippen LogP contribution >= 0.6 is 0 Å². The summed E-state index contributed by atoms with van der Waals surface area (Å²) >= 11 is 0. The summed E-state index contributed by atoms with van der Waals surface area (Å²) < 4.78 is 14.0. The average Bonchev–Trinajstić information content (AvgIpc) is 3.08. The minimum Gasteiger partial charge on any atom is -0.491 e. The van der Waals surface area contributed by atoms with E-state index in [2.05, 4.69) is 34.1 Å². The lowest BCUT2D eigenvalue weighted by Crippen LogP contribution is -2.44. The highest BCUT2D eigenvalue weighted by Gasteiger charge is 2.30. The molecule has 2 aliphatic rings. The van der Waals surface area contributed by atoms with Gasteiger partial charge in [0.25, 0.3) is 5.91 Å². The summed E-state index contributed by atoms with van der Waals surface area (Å²) in [5.41, 5.74) is 4.44. The summed E-state index contributed by atoms with van der Waals surface area (Å²) in [6, 6.07) is 14.5. The molecule has 0 saturated heterocycles. The predicted molar refractivity (Wildman–Crippen MR) is 155 cm³/mol. The van der Waals surface area contributed by atoms with Crippen LogP contribution in [-0.2, 0) is 16.1 Å². The van der Waals surface area contributed by atoms with Gasteiger partial charge in [-0.15, -0.1) is 0 Å². The van der Waals surface area contributed by atoms with Crippen LogP contribution in [0.4, 0.5) is 0 Å². The first-order chi connectivity index (χ1) is 18.5. The van der Waals surface area contributed by atoms with E-state index in [9.17, 15) is 9.59 Å². The molecule has 1 aromatic heterocycles. The fourth-order valence-electron chi connectivity index (χ4n) is 6.13. The monoisotopic (exact) mass is 530 g/mol. The lowest BCUT2D eigenvalue weighted by molar-refractivity contribution is -0.155. The largest absolute Gasteiger partial charge is 0.491 e. The summed E-state index contributed by atoms with van der Waals surface area (Å²) in [5, 5.41) is 4.40. The van der Waals surface area contributed by atoms with Crippen LogP contribution in [0.5, 0.6) is 5.75 Å². The molecule has 1 N–H and O–H groups in total. The quantitative estimate of drug-likeness (QED) is 0.338. The zero-order chi connectivity index (χ0) is 27.8. The molecule has 39 heavy (non-hydrogen) atoms. The van der Waals surface area contributed by atoms with Crippen LogP contribution in [-0.4, -0.2) is 34.2 Å². The van der Waals surface area contributed by atoms with Crippen LogP contribution < -0.4 is 10.1 Å². The maximum Gasteiger partial charge on any atom is 0.306 e. The number of rotatable bonds is 6. The summed E-state index contributed by atoms with van der Waals surface area (Å²) in [7, 11) is 0. The first-order valence-corrected chi connectivity index (χ1v) is 14.5. The normalized spacial score (nSPS) is 16.1. The molecule has 3 aromatic rings. The van der Waals surface area contributed by atoms with Gasteiger partial charge in [0.1, 0.15) is 18.0 Å². The minimum absolute atomic E-state index is 0.133. The average molecular weight is 531 g/mol. The number of hydrogen-bond acceptors (Lipinski definition) is 4. The molecule has 1 amide bonds. The van der Waals surface area contributed by atoms with Crippen molar-refractivity contribution in [3.8, 4) is 17.0 Å². The second kappa shape index (κ2) is 10.7. The van der Waals surface area contributed by atoms with Gasteiger partial charge in [0.05, 0.1) is 12.2 Å². The van der Waals surface area contributed by atoms with E-state index in [1.807, 2.05) is 52.8 Å². The van der Waals surface area contributed by atoms with Crippen molar-refractivity contribution >= 4 is 22.8 Å². The molecule has 6 nitrogen and oxygen atoms in total. The maximum absolute atomic E-state index is 13.5. The van der Waals surface area contributed by atoms with Gasteiger partial charge in [-0.2, -0.15) is 0 Å². The summed E-state index contributed by atoms with van der Waals surface area (Å²) in [4.78, 5) is 25.7. The Morgan fingerprint density at radius 2 is 1.77 bits per heavy atom. The van der Waals surface area contributed by atoms with Crippen molar-refractivity contribution in [1.82, 2.24) is 9.88 Å². The molecule has 0 spiro atoms. The molecular formula is C33H42N2O4. The van der Waals surface area contributed by atoms with Gasteiger partial charge in [0.2, 0.25) is 0 Å². The molecule has 0 atom stereocenters. The number of amides is 1. The highest BCUT2D eigenvalue weighted by molar-refractivity contribution is 6.01. The van der Waals surface area contributed by atoms with Crippen molar-refractivity contribution < 1.29 is 19.1 Å². The zero-order valence-electron chi connectivity index (χ0n) is 24.1. The molecule has 5 rings (SSSR count). The van der Waals surface area contributed by atoms with E-state index in [1.165, 1.54) is 48.7 Å². The smallest absolute Gasteiger partial charge is 0.306 e. The number of carbonyl (C=O) groups excluding carboxylic acids is 2. The SMILES string of the molecule is CC(C)(CCC(=O)OC(C)(C)C)NC(=O)c1ccc2c(C3CCCCC3)c3n(c2c1)CCOc1ccccc1-3. The van der Waals surface area contributed by atoms with Crippen molar-refractivity contribution in [3.05, 3.63) is 53.6 Å². The Balaban J connectivity index is 1.47. The van der Waals surface area contributed by atoms with E-state index < -0.39 is 11.1 Å². The number of esters is 1. The van der Waals surface area contributed by atoms with E-state index in [4.69, 9.17) is 9.47 Å². The van der Waals surface area contributed by atoms with Crippen LogP contribution in [0, 0.1) is 0 Å². The Kier molecular flexibility index (Phi) is 7.49. The number of aromatic nitrogens is 1. The number of nitrogens with zero attached hydrogens (tertiary/aromatic N) is 1. The van der Waals surface area contributed by atoms with Crippen LogP contribution in [0.3, 0.4) is 0 Å². The summed E-state index contributed by atoms with van der Waals surface area (Å²) in [5.74, 6) is 1.06. The third-order valence-corrected chi connectivity index (χ3v) is 7.92. The topological polar surface area (TPSA) is 69.6 Å². The van der Waals surface area contributed by atoms with Crippen molar-refractivity contribution in [3.63, 3.8) is 0 Å². The molecule has 2 aromatic carbocycles. The van der Waals surface area contributed by atoms with E-state index >= 15 is 0 Å². The molecule has 1 saturated carbocycles. The number of hydrogen-bond donors (Lipinski definition) is 1. The summed E-state index contributed by atoms with van der Waals surface area (Å²) in [6.45, 7) is 10.8. The van der Waals surface area contributed by atoms with Gasteiger partial charge in [-0.05, 0) is 89.6 Å². The molecule has 1 aliphatic carbocycles. The molecule has 1 aliphatic heterocycles. The van der Waals surface area contributed by atoms with Crippen LogP contribution in [0.25, 0.3) is 22.2 Å². The molecule has 0 bridgehead atoms. The number of fused-ring (bicyclic) bond motifs is 5. The number of para-hydroxylation sites is 1. The van der Waals surface area contributed by atoms with Crippen LogP contribution in [0.2, 0.25) is 0 Å². The Hall–Kier alpha value is -3.28. The Morgan fingerprint density at radius 1 is 1.03 bits per heavy atom. The number of benzene rings is 2. The number of ether oxygens (including phenoxy) is 2. The number of carbonyl (C=O) groups is 2. The molecule has 0 unspecified atom stereocenters. The first-order valence-electron chi connectivity index (χ1n) is 14.5. The predicted octanol–water partition coefficient (Wildman–Crippen LogP) is 7.38. The van der Waals surface area contributed by atoms with Gasteiger partial charge >= 0.3 is 5.97 Å². The molecule has 208 valence electrons. The fraction of sp³-hybridized carbons (Fsp3) is 0.515. The third kappa shape index (κ3) is 6.00. The Labute approximate surface area is 232 Å². The van der Waals surface area contributed by atoms with Crippen molar-refractivity contribution in [2.45, 2.75) is 103 Å². The van der Waals surface area contributed by atoms with E-state index in [-0.39, 0.29) is 18.3 Å². The van der Waals surface area contributed by atoms with Crippen LogP contribution in [0.15, 0.2) is 42.5 Å².